The molecule has 3 aliphatic heterocycles. The van der Waals surface area contributed by atoms with Crippen LogP contribution < -0.4 is 15.0 Å². The smallest absolute Gasteiger partial charge is 0.409 e. The van der Waals surface area contributed by atoms with E-state index in [2.05, 4.69) is 17.9 Å². The lowest BCUT2D eigenvalue weighted by atomic mass is 9.83. The number of carbonyl (C=O) groups is 4. The normalized spacial score (nSPS) is 32.2. The first kappa shape index (κ1) is 41.5. The number of amides is 3. The molecule has 0 saturated carbocycles. The third kappa shape index (κ3) is 9.25. The molecular formula is C37H52ClN3O10S. The molecule has 3 aliphatic rings. The Kier molecular flexibility index (Phi) is 13.4. The van der Waals surface area contributed by atoms with Crippen molar-refractivity contribution in [3.8, 4) is 5.75 Å². The summed E-state index contributed by atoms with van der Waals surface area (Å²) in [7, 11) is 6.02. The minimum Gasteiger partial charge on any atom is -0.495 e. The van der Waals surface area contributed by atoms with Crippen LogP contribution in [0.3, 0.4) is 0 Å². The number of benzene rings is 1. The number of thiol groups is 1. The standard InChI is InChI=1S/C37H52ClN3O10S/c1-20-11-10-12-28(48-9)37(46)19-27(49-35(45)39-37)22(3)33-36(5,51-33)29(50-34(44)23(4)40(6)30(42)14-13-21(2)52)18-31(43)41(7)25-16-24(15-20)17-26(47-8)32(25)38/h10-12,16-17,21-23,27-29,33,46,52H,13-15,18-19H2,1-9H3,(H,39,45)/b12-10+,20-11+/t21?,22-,23+,27?,28-,29+,33+,36+,37+/m1/s1. The molecule has 0 radical (unpaired) electrons. The molecule has 1 aromatic carbocycles. The van der Waals surface area contributed by atoms with Gasteiger partial charge in [0.25, 0.3) is 0 Å². The first-order chi connectivity index (χ1) is 24.3. The second-order valence-corrected chi connectivity index (χ2v) is 15.6. The number of halogens is 1. The number of esters is 1. The number of aliphatic hydroxyl groups is 1. The minimum atomic E-state index is -1.82. The molecule has 2 saturated heterocycles. The zero-order chi connectivity index (χ0) is 38.7. The molecule has 52 heavy (non-hydrogen) atoms. The summed E-state index contributed by atoms with van der Waals surface area (Å²) >= 11 is 11.1. The number of methoxy groups -OCH3 is 2. The van der Waals surface area contributed by atoms with Gasteiger partial charge in [0.05, 0.1) is 25.3 Å². The molecule has 15 heteroatoms. The molecular weight excluding hydrogens is 714 g/mol. The third-order valence-corrected chi connectivity index (χ3v) is 10.9. The van der Waals surface area contributed by atoms with Crippen molar-refractivity contribution in [1.29, 1.82) is 0 Å². The summed E-state index contributed by atoms with van der Waals surface area (Å²) in [6.07, 6.45) is 1.69. The van der Waals surface area contributed by atoms with Gasteiger partial charge in [-0.25, -0.2) is 9.59 Å². The number of allylic oxidation sites excluding steroid dienone is 3. The number of fused-ring (bicyclic) bond motifs is 5. The van der Waals surface area contributed by atoms with E-state index in [0.29, 0.717) is 24.3 Å². The Labute approximate surface area is 316 Å². The summed E-state index contributed by atoms with van der Waals surface area (Å²) in [5.41, 5.74) is -0.906. The highest BCUT2D eigenvalue weighted by Gasteiger charge is 2.64. The Morgan fingerprint density at radius 2 is 1.94 bits per heavy atom. The van der Waals surface area contributed by atoms with Crippen molar-refractivity contribution in [1.82, 2.24) is 10.2 Å². The number of alkyl carbamates (subject to hydrolysis) is 1. The number of anilines is 1. The van der Waals surface area contributed by atoms with Gasteiger partial charge >= 0.3 is 12.1 Å². The predicted molar refractivity (Wildman–Crippen MR) is 199 cm³/mol. The molecule has 288 valence electrons. The van der Waals surface area contributed by atoms with Gasteiger partial charge in [0.15, 0.2) is 5.72 Å². The Balaban J connectivity index is 1.75. The van der Waals surface area contributed by atoms with Crippen molar-refractivity contribution in [2.75, 3.05) is 33.2 Å². The van der Waals surface area contributed by atoms with Crippen molar-refractivity contribution in [2.45, 2.75) is 114 Å². The van der Waals surface area contributed by atoms with Crippen LogP contribution in [0.2, 0.25) is 5.02 Å². The van der Waals surface area contributed by atoms with Gasteiger partial charge in [0.2, 0.25) is 11.8 Å². The summed E-state index contributed by atoms with van der Waals surface area (Å²) in [5, 5.41) is 14.5. The van der Waals surface area contributed by atoms with Crippen molar-refractivity contribution >= 4 is 53.8 Å². The lowest BCUT2D eigenvalue weighted by Gasteiger charge is -2.42. The second kappa shape index (κ2) is 16.8. The summed E-state index contributed by atoms with van der Waals surface area (Å²) in [6.45, 7) is 8.88. The van der Waals surface area contributed by atoms with E-state index < -0.39 is 65.7 Å². The molecule has 3 amide bonds. The van der Waals surface area contributed by atoms with Crippen LogP contribution in [-0.2, 0) is 39.8 Å². The molecule has 0 spiro atoms. The van der Waals surface area contributed by atoms with Crippen LogP contribution in [-0.4, -0.2) is 109 Å². The maximum Gasteiger partial charge on any atom is 0.409 e. The molecule has 0 aliphatic carbocycles. The number of likely N-dealkylation sites (N-methyl/N-ethyl adjacent to an activating group) is 1. The van der Waals surface area contributed by atoms with E-state index in [4.69, 9.17) is 35.3 Å². The summed E-state index contributed by atoms with van der Waals surface area (Å²) < 4.78 is 29.2. The number of epoxide rings is 1. The fraction of sp³-hybridized carbons (Fsp3) is 0.622. The maximum atomic E-state index is 14.1. The van der Waals surface area contributed by atoms with Gasteiger partial charge in [-0.3, -0.25) is 14.9 Å². The molecule has 3 heterocycles. The van der Waals surface area contributed by atoms with Gasteiger partial charge < -0.3 is 38.6 Å². The Hall–Kier alpha value is -3.30. The third-order valence-electron chi connectivity index (χ3n) is 10.3. The minimum absolute atomic E-state index is 0.00636. The van der Waals surface area contributed by atoms with Gasteiger partial charge in [0.1, 0.15) is 40.7 Å². The van der Waals surface area contributed by atoms with E-state index in [1.54, 1.807) is 52.1 Å². The van der Waals surface area contributed by atoms with Crippen LogP contribution in [0.25, 0.3) is 0 Å². The van der Waals surface area contributed by atoms with Crippen LogP contribution in [0.4, 0.5) is 10.5 Å². The molecule has 4 rings (SSSR count). The van der Waals surface area contributed by atoms with Crippen LogP contribution in [0.15, 0.2) is 35.9 Å². The molecule has 4 bridgehead atoms. The lowest BCUT2D eigenvalue weighted by Crippen LogP contribution is -2.63. The number of nitrogens with zero attached hydrogens (tertiary/aromatic N) is 2. The number of rotatable bonds is 8. The van der Waals surface area contributed by atoms with Crippen molar-refractivity contribution in [2.24, 2.45) is 5.92 Å². The highest BCUT2D eigenvalue weighted by molar-refractivity contribution is 7.80. The monoisotopic (exact) mass is 765 g/mol. The van der Waals surface area contributed by atoms with E-state index in [1.807, 2.05) is 19.9 Å². The van der Waals surface area contributed by atoms with Gasteiger partial charge in [-0.05, 0) is 56.6 Å². The summed E-state index contributed by atoms with van der Waals surface area (Å²) in [5.74, 6) is -1.56. The fourth-order valence-electron chi connectivity index (χ4n) is 6.73. The average Bonchev–Trinajstić information content (AvgIpc) is 3.79. The SMILES string of the molecule is COc1cc2cc(c1Cl)N(C)C(=O)C[C@H](OC(=O)[C@H](C)N(C)C(=O)CCC(C)S)[C@]1(C)O[C@H]1[C@H](C)C1C[C@@](O)(NC(=O)O1)[C@H](OC)/C=C/C=C(\C)C2. The number of hydrogen-bond donors (Lipinski definition) is 3. The van der Waals surface area contributed by atoms with E-state index >= 15 is 0 Å². The van der Waals surface area contributed by atoms with Crippen LogP contribution in [0.1, 0.15) is 65.9 Å². The Bertz CT molecular complexity index is 1590. The number of hydrogen-bond acceptors (Lipinski definition) is 11. The van der Waals surface area contributed by atoms with E-state index in [9.17, 15) is 24.3 Å². The molecule has 2 N–H and O–H groups in total. The summed E-state index contributed by atoms with van der Waals surface area (Å²) in [6, 6.07) is 2.61. The highest BCUT2D eigenvalue weighted by Crippen LogP contribution is 2.49. The van der Waals surface area contributed by atoms with Gasteiger partial charge in [-0.15, -0.1) is 0 Å². The number of carbonyl (C=O) groups excluding carboxylic acids is 4. The lowest BCUT2D eigenvalue weighted by molar-refractivity contribution is -0.162. The molecule has 9 atom stereocenters. The second-order valence-electron chi connectivity index (χ2n) is 14.3. The molecule has 0 aromatic heterocycles. The van der Waals surface area contributed by atoms with E-state index in [0.717, 1.165) is 11.1 Å². The van der Waals surface area contributed by atoms with Crippen molar-refractivity contribution < 1.29 is 48.0 Å². The first-order valence-corrected chi connectivity index (χ1v) is 18.3. The molecule has 2 unspecified atom stereocenters. The Morgan fingerprint density at radius 3 is 2.58 bits per heavy atom. The predicted octanol–water partition coefficient (Wildman–Crippen LogP) is 4.61. The van der Waals surface area contributed by atoms with Gasteiger partial charge in [0, 0.05) is 40.0 Å². The number of ether oxygens (including phenoxy) is 5. The summed E-state index contributed by atoms with van der Waals surface area (Å²) in [4.78, 5) is 56.2. The Morgan fingerprint density at radius 1 is 1.25 bits per heavy atom. The first-order valence-electron chi connectivity index (χ1n) is 17.4. The largest absolute Gasteiger partial charge is 0.495 e. The van der Waals surface area contributed by atoms with E-state index in [-0.39, 0.29) is 35.4 Å². The van der Waals surface area contributed by atoms with Crippen molar-refractivity contribution in [3.05, 3.63) is 46.5 Å². The van der Waals surface area contributed by atoms with Gasteiger partial charge in [-0.2, -0.15) is 12.6 Å². The zero-order valence-electron chi connectivity index (χ0n) is 31.3. The van der Waals surface area contributed by atoms with Crippen LogP contribution >= 0.6 is 24.2 Å². The maximum absolute atomic E-state index is 14.1. The van der Waals surface area contributed by atoms with E-state index in [1.165, 1.54) is 31.1 Å². The highest BCUT2D eigenvalue weighted by atomic mass is 35.5. The fourth-order valence-corrected chi connectivity index (χ4v) is 7.17. The van der Waals surface area contributed by atoms with Gasteiger partial charge in [-0.1, -0.05) is 49.2 Å². The number of nitrogens with one attached hydrogen (secondary N) is 1. The molecule has 2 fully saturated rings. The zero-order valence-corrected chi connectivity index (χ0v) is 33.0. The van der Waals surface area contributed by atoms with Crippen LogP contribution in [0.5, 0.6) is 5.75 Å². The average molecular weight is 766 g/mol. The van der Waals surface area contributed by atoms with Crippen molar-refractivity contribution in [3.63, 3.8) is 0 Å². The molecule has 13 nitrogen and oxygen atoms in total. The van der Waals surface area contributed by atoms with Crippen LogP contribution in [0, 0.1) is 5.92 Å². The topological polar surface area (TPSA) is 156 Å². The molecule has 1 aromatic rings. The quantitative estimate of drug-likeness (QED) is 0.194.